The van der Waals surface area contributed by atoms with Gasteiger partial charge >= 0.3 is 6.03 Å². The van der Waals surface area contributed by atoms with Gasteiger partial charge in [0.1, 0.15) is 0 Å². The van der Waals surface area contributed by atoms with Gasteiger partial charge in [0.2, 0.25) is 0 Å². The molecule has 2 fully saturated rings. The molecule has 0 aromatic carbocycles. The molecule has 5 heteroatoms. The smallest absolute Gasteiger partial charge is 0.320 e. The van der Waals surface area contributed by atoms with E-state index >= 15 is 0 Å². The summed E-state index contributed by atoms with van der Waals surface area (Å²) in [5, 5.41) is 0. The molecule has 0 aromatic rings. The SMILES string of the molecule is CC(N)CCN1CC(C2CCN(C)C2)N(C)C1=O. The number of likely N-dealkylation sites (N-methyl/N-ethyl adjacent to an activating group) is 1. The van der Waals surface area contributed by atoms with E-state index in [1.807, 2.05) is 23.8 Å². The quantitative estimate of drug-likeness (QED) is 0.790. The Morgan fingerprint density at radius 3 is 2.67 bits per heavy atom. The van der Waals surface area contributed by atoms with Crippen LogP contribution in [-0.2, 0) is 0 Å². The maximum Gasteiger partial charge on any atom is 0.320 e. The summed E-state index contributed by atoms with van der Waals surface area (Å²) in [4.78, 5) is 18.4. The largest absolute Gasteiger partial charge is 0.328 e. The molecule has 0 bridgehead atoms. The van der Waals surface area contributed by atoms with E-state index in [0.29, 0.717) is 12.0 Å². The molecule has 2 saturated heterocycles. The monoisotopic (exact) mass is 254 g/mol. The summed E-state index contributed by atoms with van der Waals surface area (Å²) in [5.74, 6) is 0.629. The van der Waals surface area contributed by atoms with Crippen molar-refractivity contribution in [3.8, 4) is 0 Å². The van der Waals surface area contributed by atoms with Crippen molar-refractivity contribution in [2.75, 3.05) is 40.3 Å². The van der Waals surface area contributed by atoms with E-state index in [1.165, 1.54) is 6.42 Å². The van der Waals surface area contributed by atoms with Gasteiger partial charge in [-0.15, -0.1) is 0 Å². The topological polar surface area (TPSA) is 52.8 Å². The van der Waals surface area contributed by atoms with E-state index in [-0.39, 0.29) is 12.1 Å². The number of amides is 2. The molecule has 2 aliphatic rings. The minimum absolute atomic E-state index is 0.166. The first kappa shape index (κ1) is 13.6. The molecular formula is C13H26N4O. The van der Waals surface area contributed by atoms with Gasteiger partial charge in [0.05, 0.1) is 6.04 Å². The Labute approximate surface area is 110 Å². The zero-order valence-electron chi connectivity index (χ0n) is 11.8. The molecule has 3 unspecified atom stereocenters. The Morgan fingerprint density at radius 1 is 1.39 bits per heavy atom. The fourth-order valence-electron chi connectivity index (χ4n) is 3.09. The highest BCUT2D eigenvalue weighted by molar-refractivity contribution is 5.77. The molecule has 0 saturated carbocycles. The summed E-state index contributed by atoms with van der Waals surface area (Å²) in [7, 11) is 4.10. The second-order valence-electron chi connectivity index (χ2n) is 5.98. The second kappa shape index (κ2) is 5.45. The Morgan fingerprint density at radius 2 is 2.11 bits per heavy atom. The molecule has 0 spiro atoms. The standard InChI is InChI=1S/C13H26N4O/c1-10(14)4-7-17-9-12(16(3)13(17)18)11-5-6-15(2)8-11/h10-12H,4-9,14H2,1-3H3. The molecule has 0 aliphatic carbocycles. The number of nitrogens with two attached hydrogens (primary N) is 1. The van der Waals surface area contributed by atoms with Crippen LogP contribution in [0.25, 0.3) is 0 Å². The van der Waals surface area contributed by atoms with Crippen molar-refractivity contribution >= 4 is 6.03 Å². The third-order valence-electron chi connectivity index (χ3n) is 4.30. The van der Waals surface area contributed by atoms with Crippen molar-refractivity contribution in [2.24, 2.45) is 11.7 Å². The molecule has 2 aliphatic heterocycles. The number of hydrogen-bond acceptors (Lipinski definition) is 3. The first-order valence-corrected chi connectivity index (χ1v) is 6.95. The van der Waals surface area contributed by atoms with E-state index < -0.39 is 0 Å². The van der Waals surface area contributed by atoms with E-state index in [0.717, 1.165) is 32.6 Å². The lowest BCUT2D eigenvalue weighted by Crippen LogP contribution is -2.37. The van der Waals surface area contributed by atoms with E-state index in [9.17, 15) is 4.79 Å². The van der Waals surface area contributed by atoms with Crippen LogP contribution in [0.2, 0.25) is 0 Å². The first-order valence-electron chi connectivity index (χ1n) is 6.95. The number of urea groups is 1. The van der Waals surface area contributed by atoms with Crippen LogP contribution in [0.1, 0.15) is 19.8 Å². The Balaban J connectivity index is 1.92. The van der Waals surface area contributed by atoms with Gasteiger partial charge in [-0.3, -0.25) is 0 Å². The number of rotatable bonds is 4. The lowest BCUT2D eigenvalue weighted by molar-refractivity contribution is 0.189. The maximum absolute atomic E-state index is 12.2. The number of nitrogens with zero attached hydrogens (tertiary/aromatic N) is 3. The fourth-order valence-corrected chi connectivity index (χ4v) is 3.09. The first-order chi connectivity index (χ1) is 8.49. The highest BCUT2D eigenvalue weighted by Crippen LogP contribution is 2.27. The van der Waals surface area contributed by atoms with Gasteiger partial charge in [-0.25, -0.2) is 4.79 Å². The Kier molecular flexibility index (Phi) is 4.12. The van der Waals surface area contributed by atoms with Gasteiger partial charge in [-0.2, -0.15) is 0 Å². The zero-order valence-corrected chi connectivity index (χ0v) is 11.8. The van der Waals surface area contributed by atoms with E-state index in [1.54, 1.807) is 0 Å². The van der Waals surface area contributed by atoms with Crippen LogP contribution in [0.3, 0.4) is 0 Å². The fraction of sp³-hybridized carbons (Fsp3) is 0.923. The number of carbonyl (C=O) groups excluding carboxylic acids is 1. The van der Waals surface area contributed by atoms with Gasteiger partial charge in [-0.1, -0.05) is 0 Å². The van der Waals surface area contributed by atoms with Gasteiger partial charge in [0.25, 0.3) is 0 Å². The third-order valence-corrected chi connectivity index (χ3v) is 4.30. The molecular weight excluding hydrogens is 228 g/mol. The lowest BCUT2D eigenvalue weighted by Gasteiger charge is -2.23. The molecule has 2 rings (SSSR count). The Hall–Kier alpha value is -0.810. The molecule has 2 heterocycles. The maximum atomic E-state index is 12.2. The van der Waals surface area contributed by atoms with E-state index in [4.69, 9.17) is 5.73 Å². The van der Waals surface area contributed by atoms with Gasteiger partial charge in [-0.05, 0) is 39.3 Å². The molecule has 3 atom stereocenters. The summed E-state index contributed by atoms with van der Waals surface area (Å²) in [6.07, 6.45) is 2.09. The second-order valence-corrected chi connectivity index (χ2v) is 5.98. The van der Waals surface area contributed by atoms with Gasteiger partial charge in [0, 0.05) is 32.7 Å². The van der Waals surface area contributed by atoms with Gasteiger partial charge in [0.15, 0.2) is 0 Å². The van der Waals surface area contributed by atoms with Crippen molar-refractivity contribution in [3.63, 3.8) is 0 Å². The molecule has 5 nitrogen and oxygen atoms in total. The molecule has 0 aromatic heterocycles. The lowest BCUT2D eigenvalue weighted by atomic mass is 9.99. The van der Waals surface area contributed by atoms with Crippen molar-refractivity contribution in [3.05, 3.63) is 0 Å². The minimum Gasteiger partial charge on any atom is -0.328 e. The summed E-state index contributed by atoms with van der Waals surface area (Å²) < 4.78 is 0. The minimum atomic E-state index is 0.166. The highest BCUT2D eigenvalue weighted by Gasteiger charge is 2.40. The third kappa shape index (κ3) is 2.78. The molecule has 2 N–H and O–H groups in total. The van der Waals surface area contributed by atoms with Crippen molar-refractivity contribution < 1.29 is 4.79 Å². The van der Waals surface area contributed by atoms with Crippen molar-refractivity contribution in [2.45, 2.75) is 31.8 Å². The Bertz CT molecular complexity index is 307. The van der Waals surface area contributed by atoms with Gasteiger partial charge < -0.3 is 20.4 Å². The van der Waals surface area contributed by atoms with Crippen LogP contribution < -0.4 is 5.73 Å². The van der Waals surface area contributed by atoms with E-state index in [2.05, 4.69) is 11.9 Å². The normalized spacial score (nSPS) is 31.4. The summed E-state index contributed by atoms with van der Waals surface area (Å²) >= 11 is 0. The van der Waals surface area contributed by atoms with Crippen molar-refractivity contribution in [1.82, 2.24) is 14.7 Å². The number of carbonyl (C=O) groups is 1. The zero-order chi connectivity index (χ0) is 13.3. The van der Waals surface area contributed by atoms with Crippen molar-refractivity contribution in [1.29, 1.82) is 0 Å². The van der Waals surface area contributed by atoms with Crippen LogP contribution in [-0.4, -0.2) is 73.1 Å². The van der Waals surface area contributed by atoms with Crippen LogP contribution in [0, 0.1) is 5.92 Å². The van der Waals surface area contributed by atoms with Crippen LogP contribution in [0.15, 0.2) is 0 Å². The summed E-state index contributed by atoms with van der Waals surface area (Å²) in [6.45, 7) is 5.93. The predicted octanol–water partition coefficient (Wildman–Crippen LogP) is 0.411. The van der Waals surface area contributed by atoms with Crippen LogP contribution >= 0.6 is 0 Å². The highest BCUT2D eigenvalue weighted by atomic mass is 16.2. The van der Waals surface area contributed by atoms with Crippen LogP contribution in [0.4, 0.5) is 4.79 Å². The molecule has 104 valence electrons. The number of hydrogen-bond donors (Lipinski definition) is 1. The average Bonchev–Trinajstić information content (AvgIpc) is 2.84. The number of likely N-dealkylation sites (tertiary alicyclic amines) is 1. The molecule has 18 heavy (non-hydrogen) atoms. The molecule has 0 radical (unpaired) electrons. The molecule has 2 amide bonds. The van der Waals surface area contributed by atoms with Crippen LogP contribution in [0.5, 0.6) is 0 Å². The summed E-state index contributed by atoms with van der Waals surface area (Å²) in [6, 6.07) is 0.727. The average molecular weight is 254 g/mol. The predicted molar refractivity (Wildman–Crippen MR) is 72.4 cm³/mol. The summed E-state index contributed by atoms with van der Waals surface area (Å²) in [5.41, 5.74) is 5.77.